The number of fused-ring (bicyclic) bond motifs is 12. The van der Waals surface area contributed by atoms with E-state index in [0.29, 0.717) is 0 Å². The summed E-state index contributed by atoms with van der Waals surface area (Å²) in [5, 5.41) is 6.04. The lowest BCUT2D eigenvalue weighted by Gasteiger charge is -2.16. The van der Waals surface area contributed by atoms with Crippen LogP contribution in [0.15, 0.2) is 164 Å². The zero-order valence-electron chi connectivity index (χ0n) is 24.9. The minimum absolute atomic E-state index is 0.983. The Hall–Kier alpha value is -6.19. The molecule has 3 aromatic heterocycles. The molecule has 0 fully saturated rings. The van der Waals surface area contributed by atoms with Gasteiger partial charge in [-0.05, 0) is 64.0 Å². The monoisotopic (exact) mass is 585 g/mol. The highest BCUT2D eigenvalue weighted by Gasteiger charge is 2.21. The number of rotatable bonds is 3. The first-order valence-electron chi connectivity index (χ1n) is 15.7. The molecule has 0 amide bonds. The second-order valence-corrected chi connectivity index (χ2v) is 12.0. The summed E-state index contributed by atoms with van der Waals surface area (Å²) in [6.07, 6.45) is 0. The van der Waals surface area contributed by atoms with Gasteiger partial charge in [0.2, 0.25) is 0 Å². The number of imidazole rings is 1. The first kappa shape index (κ1) is 25.2. The van der Waals surface area contributed by atoms with Gasteiger partial charge in [0.05, 0.1) is 27.6 Å². The van der Waals surface area contributed by atoms with Gasteiger partial charge in [-0.3, -0.25) is 4.40 Å². The molecule has 0 bridgehead atoms. The second-order valence-electron chi connectivity index (χ2n) is 12.0. The third-order valence-corrected chi connectivity index (χ3v) is 9.44. The fraction of sp³-hybridized carbons (Fsp3) is 0. The maximum Gasteiger partial charge on any atom is 0.146 e. The van der Waals surface area contributed by atoms with Crippen LogP contribution in [0.4, 0.5) is 0 Å². The predicted molar refractivity (Wildman–Crippen MR) is 193 cm³/mol. The highest BCUT2D eigenvalue weighted by molar-refractivity contribution is 6.24. The molecule has 0 aliphatic heterocycles. The topological polar surface area (TPSA) is 22.2 Å². The Morgan fingerprint density at radius 1 is 0.370 bits per heavy atom. The fourth-order valence-electron chi connectivity index (χ4n) is 7.43. The summed E-state index contributed by atoms with van der Waals surface area (Å²) in [6, 6.07) is 59.0. The largest absolute Gasteiger partial charge is 0.307 e. The fourth-order valence-corrected chi connectivity index (χ4v) is 7.43. The number of aromatic nitrogens is 3. The first-order valence-corrected chi connectivity index (χ1v) is 15.7. The summed E-state index contributed by atoms with van der Waals surface area (Å²) in [5.74, 6) is 0. The van der Waals surface area contributed by atoms with Crippen molar-refractivity contribution in [3.05, 3.63) is 164 Å². The van der Waals surface area contributed by atoms with Crippen molar-refractivity contribution in [3.63, 3.8) is 0 Å². The summed E-state index contributed by atoms with van der Waals surface area (Å²) in [5.41, 5.74) is 12.5. The highest BCUT2D eigenvalue weighted by atomic mass is 15.1. The Morgan fingerprint density at radius 2 is 0.913 bits per heavy atom. The van der Waals surface area contributed by atoms with E-state index in [0.717, 1.165) is 27.8 Å². The highest BCUT2D eigenvalue weighted by Crippen LogP contribution is 2.42. The van der Waals surface area contributed by atoms with Crippen LogP contribution in [-0.4, -0.2) is 14.0 Å². The Kier molecular flexibility index (Phi) is 5.28. The van der Waals surface area contributed by atoms with E-state index in [4.69, 9.17) is 4.98 Å². The van der Waals surface area contributed by atoms with Crippen LogP contribution in [0.2, 0.25) is 0 Å². The van der Waals surface area contributed by atoms with Gasteiger partial charge >= 0.3 is 0 Å². The van der Waals surface area contributed by atoms with E-state index in [9.17, 15) is 0 Å². The maximum absolute atomic E-state index is 5.22. The molecule has 0 aliphatic carbocycles. The van der Waals surface area contributed by atoms with Crippen LogP contribution in [0.1, 0.15) is 0 Å². The summed E-state index contributed by atoms with van der Waals surface area (Å²) in [7, 11) is 0. The van der Waals surface area contributed by atoms with Crippen molar-refractivity contribution in [1.29, 1.82) is 0 Å². The molecule has 3 nitrogen and oxygen atoms in total. The van der Waals surface area contributed by atoms with Crippen molar-refractivity contribution >= 4 is 60.2 Å². The summed E-state index contributed by atoms with van der Waals surface area (Å²) in [6.45, 7) is 0. The van der Waals surface area contributed by atoms with Gasteiger partial charge in [-0.2, -0.15) is 0 Å². The van der Waals surface area contributed by atoms with Crippen LogP contribution in [0.25, 0.3) is 88.1 Å². The van der Waals surface area contributed by atoms with Crippen LogP contribution in [0.3, 0.4) is 0 Å². The Labute approximate surface area is 265 Å². The molecular formula is C43H27N3. The SMILES string of the molecule is c1ccc(-c2cc(-c3ccccc3)cc(-n3c4ccccc4c4ccc5c6ccccc6c6nc7ccccc7n6c5c43)c2)cc1. The average Bonchev–Trinajstić information content (AvgIpc) is 3.69. The van der Waals surface area contributed by atoms with E-state index in [-0.39, 0.29) is 0 Å². The molecule has 3 heteroatoms. The third-order valence-electron chi connectivity index (χ3n) is 9.44. The zero-order valence-corrected chi connectivity index (χ0v) is 24.9. The van der Waals surface area contributed by atoms with E-state index in [1.54, 1.807) is 0 Å². The Bertz CT molecular complexity index is 2730. The maximum atomic E-state index is 5.22. The van der Waals surface area contributed by atoms with Gasteiger partial charge in [-0.25, -0.2) is 4.98 Å². The van der Waals surface area contributed by atoms with Crippen LogP contribution in [0.5, 0.6) is 0 Å². The molecule has 0 radical (unpaired) electrons. The van der Waals surface area contributed by atoms with Gasteiger partial charge in [-0.15, -0.1) is 0 Å². The van der Waals surface area contributed by atoms with Crippen molar-refractivity contribution in [2.75, 3.05) is 0 Å². The van der Waals surface area contributed by atoms with E-state index in [1.807, 2.05) is 0 Å². The quantitative estimate of drug-likeness (QED) is 0.189. The van der Waals surface area contributed by atoms with Crippen molar-refractivity contribution < 1.29 is 0 Å². The summed E-state index contributed by atoms with van der Waals surface area (Å²) >= 11 is 0. The summed E-state index contributed by atoms with van der Waals surface area (Å²) < 4.78 is 4.87. The van der Waals surface area contributed by atoms with Crippen molar-refractivity contribution in [3.8, 4) is 27.9 Å². The molecule has 10 rings (SSSR count). The number of benzene rings is 7. The van der Waals surface area contributed by atoms with Crippen molar-refractivity contribution in [2.45, 2.75) is 0 Å². The molecule has 0 spiro atoms. The van der Waals surface area contributed by atoms with Gasteiger partial charge in [0.25, 0.3) is 0 Å². The molecule has 7 aromatic carbocycles. The minimum atomic E-state index is 0.983. The molecule has 0 aliphatic rings. The van der Waals surface area contributed by atoms with E-state index in [1.165, 1.54) is 60.3 Å². The average molecular weight is 586 g/mol. The van der Waals surface area contributed by atoms with Gasteiger partial charge < -0.3 is 4.57 Å². The zero-order chi connectivity index (χ0) is 30.2. The van der Waals surface area contributed by atoms with Gasteiger partial charge in [0.1, 0.15) is 5.65 Å². The smallest absolute Gasteiger partial charge is 0.146 e. The van der Waals surface area contributed by atoms with E-state index < -0.39 is 0 Å². The normalized spacial score (nSPS) is 11.9. The van der Waals surface area contributed by atoms with Gasteiger partial charge in [0.15, 0.2) is 0 Å². The summed E-state index contributed by atoms with van der Waals surface area (Å²) in [4.78, 5) is 5.22. The molecular weight excluding hydrogens is 558 g/mol. The van der Waals surface area contributed by atoms with Crippen molar-refractivity contribution in [1.82, 2.24) is 14.0 Å². The minimum Gasteiger partial charge on any atom is -0.307 e. The number of nitrogens with zero attached hydrogens (tertiary/aromatic N) is 3. The second kappa shape index (κ2) is 9.65. The molecule has 214 valence electrons. The van der Waals surface area contributed by atoms with Crippen LogP contribution in [-0.2, 0) is 0 Å². The standard InChI is InChI=1S/C43H27N3/c1-3-13-28(14-4-1)30-25-31(29-15-5-2-6-16-29)27-32(26-30)45-39-21-11-9-18-34(39)36-24-23-35-33-17-7-8-19-37(33)43-44-38-20-10-12-22-40(38)46(43)42(35)41(36)45/h1-27H. The first-order chi connectivity index (χ1) is 22.8. The third kappa shape index (κ3) is 3.57. The lowest BCUT2D eigenvalue weighted by atomic mass is 9.98. The number of hydrogen-bond donors (Lipinski definition) is 0. The molecule has 0 saturated carbocycles. The number of pyridine rings is 1. The van der Waals surface area contributed by atoms with Crippen LogP contribution >= 0.6 is 0 Å². The molecule has 0 atom stereocenters. The predicted octanol–water partition coefficient (Wildman–Crippen LogP) is 11.2. The lowest BCUT2D eigenvalue weighted by Crippen LogP contribution is -1.99. The van der Waals surface area contributed by atoms with E-state index in [2.05, 4.69) is 173 Å². The van der Waals surface area contributed by atoms with Crippen LogP contribution in [0, 0.1) is 0 Å². The van der Waals surface area contributed by atoms with Gasteiger partial charge in [-0.1, -0.05) is 127 Å². The lowest BCUT2D eigenvalue weighted by molar-refractivity contribution is 1.18. The number of para-hydroxylation sites is 3. The van der Waals surface area contributed by atoms with E-state index >= 15 is 0 Å². The molecule has 3 heterocycles. The van der Waals surface area contributed by atoms with Gasteiger partial charge in [0, 0.05) is 27.2 Å². The van der Waals surface area contributed by atoms with Crippen molar-refractivity contribution in [2.24, 2.45) is 0 Å². The Morgan fingerprint density at radius 3 is 1.61 bits per heavy atom. The molecule has 10 aromatic rings. The Balaban J connectivity index is 1.44. The molecule has 0 unspecified atom stereocenters. The molecule has 0 saturated heterocycles. The van der Waals surface area contributed by atoms with Crippen LogP contribution < -0.4 is 0 Å². The molecule has 0 N–H and O–H groups in total. The molecule has 46 heavy (non-hydrogen) atoms. The number of hydrogen-bond acceptors (Lipinski definition) is 1.